The van der Waals surface area contributed by atoms with Gasteiger partial charge in [-0.2, -0.15) is 0 Å². The molecule has 15 heavy (non-hydrogen) atoms. The Hall–Kier alpha value is -0.580. The third kappa shape index (κ3) is 3.48. The summed E-state index contributed by atoms with van der Waals surface area (Å²) in [4.78, 5) is 0. The van der Waals surface area contributed by atoms with E-state index in [1.807, 2.05) is 18.2 Å². The summed E-state index contributed by atoms with van der Waals surface area (Å²) in [6.07, 6.45) is 0. The Bertz CT molecular complexity index is 317. The van der Waals surface area contributed by atoms with Gasteiger partial charge in [-0.1, -0.05) is 22.9 Å². The quantitative estimate of drug-likeness (QED) is 0.863. The van der Waals surface area contributed by atoms with Gasteiger partial charge in [-0.3, -0.25) is 0 Å². The Morgan fingerprint density at radius 2 is 2.27 bits per heavy atom. The number of methoxy groups -OCH3 is 1. The molecule has 0 spiro atoms. The van der Waals surface area contributed by atoms with E-state index in [-0.39, 0.29) is 6.04 Å². The minimum absolute atomic E-state index is 0.0441. The lowest BCUT2D eigenvalue weighted by atomic mass is 10.1. The van der Waals surface area contributed by atoms with Gasteiger partial charge in [0, 0.05) is 22.6 Å². The molecule has 0 saturated carbocycles. The van der Waals surface area contributed by atoms with E-state index in [9.17, 15) is 0 Å². The van der Waals surface area contributed by atoms with Crippen molar-refractivity contribution in [1.82, 2.24) is 5.32 Å². The Morgan fingerprint density at radius 1 is 1.53 bits per heavy atom. The molecular formula is C11H17BrN2O. The summed E-state index contributed by atoms with van der Waals surface area (Å²) in [6.45, 7) is 3.73. The summed E-state index contributed by atoms with van der Waals surface area (Å²) in [5.74, 6) is 0.837. The van der Waals surface area contributed by atoms with Crippen LogP contribution in [0.3, 0.4) is 0 Å². The van der Waals surface area contributed by atoms with Crippen molar-refractivity contribution < 1.29 is 4.74 Å². The zero-order valence-electron chi connectivity index (χ0n) is 9.09. The van der Waals surface area contributed by atoms with Crippen molar-refractivity contribution in [2.45, 2.75) is 13.0 Å². The first-order valence-corrected chi connectivity index (χ1v) is 5.78. The largest absolute Gasteiger partial charge is 0.496 e. The molecule has 0 aliphatic heterocycles. The molecule has 3 nitrogen and oxygen atoms in total. The fourth-order valence-electron chi connectivity index (χ4n) is 1.40. The first-order valence-electron chi connectivity index (χ1n) is 4.98. The Labute approximate surface area is 99.1 Å². The van der Waals surface area contributed by atoms with Crippen molar-refractivity contribution >= 4 is 15.9 Å². The first kappa shape index (κ1) is 12.5. The predicted octanol–water partition coefficient (Wildman–Crippen LogP) is 2.07. The van der Waals surface area contributed by atoms with Crippen LogP contribution in [-0.2, 0) is 0 Å². The number of hydrogen-bond donors (Lipinski definition) is 2. The fraction of sp³-hybridized carbons (Fsp3) is 0.455. The molecule has 0 fully saturated rings. The average molecular weight is 273 g/mol. The number of nitrogens with one attached hydrogen (secondary N) is 1. The molecule has 1 unspecified atom stereocenters. The van der Waals surface area contributed by atoms with Crippen LogP contribution < -0.4 is 15.8 Å². The van der Waals surface area contributed by atoms with Gasteiger partial charge in [0.25, 0.3) is 0 Å². The molecule has 0 aromatic heterocycles. The highest BCUT2D eigenvalue weighted by molar-refractivity contribution is 9.10. The lowest BCUT2D eigenvalue weighted by molar-refractivity contribution is 0.404. The second-order valence-electron chi connectivity index (χ2n) is 3.30. The summed E-state index contributed by atoms with van der Waals surface area (Å²) >= 11 is 3.43. The number of likely N-dealkylation sites (N-methyl/N-ethyl adjacent to an activating group) is 1. The number of benzene rings is 1. The van der Waals surface area contributed by atoms with E-state index < -0.39 is 0 Å². The monoisotopic (exact) mass is 272 g/mol. The molecule has 0 heterocycles. The van der Waals surface area contributed by atoms with E-state index in [1.54, 1.807) is 7.11 Å². The molecule has 1 aromatic carbocycles. The van der Waals surface area contributed by atoms with E-state index in [1.165, 1.54) is 0 Å². The smallest absolute Gasteiger partial charge is 0.123 e. The van der Waals surface area contributed by atoms with Gasteiger partial charge in [0.15, 0.2) is 0 Å². The normalized spacial score (nSPS) is 12.5. The highest BCUT2D eigenvalue weighted by Gasteiger charge is 2.11. The van der Waals surface area contributed by atoms with Crippen LogP contribution in [0.5, 0.6) is 5.75 Å². The zero-order valence-corrected chi connectivity index (χ0v) is 10.7. The molecule has 1 aromatic rings. The standard InChI is InChI=1S/C11H17BrN2O/c1-3-14-7-10(13)9-6-8(12)4-5-11(9)15-2/h4-6,10,14H,3,7,13H2,1-2H3. The molecule has 4 heteroatoms. The molecular weight excluding hydrogens is 256 g/mol. The number of nitrogens with two attached hydrogens (primary N) is 1. The topological polar surface area (TPSA) is 47.3 Å². The van der Waals surface area contributed by atoms with Crippen LogP contribution in [0.15, 0.2) is 22.7 Å². The van der Waals surface area contributed by atoms with Crippen LogP contribution in [0, 0.1) is 0 Å². The van der Waals surface area contributed by atoms with Gasteiger partial charge in [-0.05, 0) is 24.7 Å². The molecule has 0 amide bonds. The summed E-state index contributed by atoms with van der Waals surface area (Å²) in [7, 11) is 1.66. The summed E-state index contributed by atoms with van der Waals surface area (Å²) in [6, 6.07) is 5.83. The third-order valence-corrected chi connectivity index (χ3v) is 2.70. The van der Waals surface area contributed by atoms with E-state index in [0.717, 1.165) is 28.9 Å². The highest BCUT2D eigenvalue weighted by Crippen LogP contribution is 2.26. The minimum Gasteiger partial charge on any atom is -0.496 e. The van der Waals surface area contributed by atoms with Gasteiger partial charge in [0.05, 0.1) is 7.11 Å². The molecule has 1 atom stereocenters. The fourth-order valence-corrected chi connectivity index (χ4v) is 1.78. The zero-order chi connectivity index (χ0) is 11.3. The summed E-state index contributed by atoms with van der Waals surface area (Å²) in [5.41, 5.74) is 7.08. The van der Waals surface area contributed by atoms with Gasteiger partial charge < -0.3 is 15.8 Å². The Balaban J connectivity index is 2.85. The van der Waals surface area contributed by atoms with Gasteiger partial charge in [0.1, 0.15) is 5.75 Å². The average Bonchev–Trinajstić information content (AvgIpc) is 2.25. The van der Waals surface area contributed by atoms with Crippen LogP contribution in [0.2, 0.25) is 0 Å². The Kier molecular flexibility index (Phi) is 5.08. The molecule has 0 radical (unpaired) electrons. The van der Waals surface area contributed by atoms with E-state index in [0.29, 0.717) is 0 Å². The van der Waals surface area contributed by atoms with Crippen molar-refractivity contribution in [1.29, 1.82) is 0 Å². The maximum atomic E-state index is 6.06. The number of ether oxygens (including phenoxy) is 1. The second-order valence-corrected chi connectivity index (χ2v) is 4.22. The molecule has 0 saturated heterocycles. The molecule has 3 N–H and O–H groups in total. The highest BCUT2D eigenvalue weighted by atomic mass is 79.9. The van der Waals surface area contributed by atoms with Gasteiger partial charge >= 0.3 is 0 Å². The molecule has 84 valence electrons. The molecule has 0 bridgehead atoms. The SMILES string of the molecule is CCNCC(N)c1cc(Br)ccc1OC. The van der Waals surface area contributed by atoms with Crippen molar-refractivity contribution in [3.63, 3.8) is 0 Å². The number of hydrogen-bond acceptors (Lipinski definition) is 3. The van der Waals surface area contributed by atoms with Crippen LogP contribution in [0.1, 0.15) is 18.5 Å². The lowest BCUT2D eigenvalue weighted by Crippen LogP contribution is -2.27. The minimum atomic E-state index is -0.0441. The van der Waals surface area contributed by atoms with E-state index in [2.05, 4.69) is 28.2 Å². The Morgan fingerprint density at radius 3 is 2.87 bits per heavy atom. The van der Waals surface area contributed by atoms with E-state index >= 15 is 0 Å². The van der Waals surface area contributed by atoms with Gasteiger partial charge in [0.2, 0.25) is 0 Å². The van der Waals surface area contributed by atoms with Crippen LogP contribution >= 0.6 is 15.9 Å². The first-order chi connectivity index (χ1) is 7.19. The summed E-state index contributed by atoms with van der Waals surface area (Å²) < 4.78 is 6.29. The maximum absolute atomic E-state index is 6.06. The van der Waals surface area contributed by atoms with Crippen LogP contribution in [-0.4, -0.2) is 20.2 Å². The maximum Gasteiger partial charge on any atom is 0.123 e. The number of halogens is 1. The predicted molar refractivity (Wildman–Crippen MR) is 66.2 cm³/mol. The van der Waals surface area contributed by atoms with Crippen molar-refractivity contribution in [2.75, 3.05) is 20.2 Å². The third-order valence-electron chi connectivity index (χ3n) is 2.21. The molecule has 0 aliphatic rings. The second kappa shape index (κ2) is 6.10. The number of rotatable bonds is 5. The molecule has 1 rings (SSSR count). The van der Waals surface area contributed by atoms with Gasteiger partial charge in [-0.25, -0.2) is 0 Å². The lowest BCUT2D eigenvalue weighted by Gasteiger charge is -2.16. The van der Waals surface area contributed by atoms with Crippen molar-refractivity contribution in [3.05, 3.63) is 28.2 Å². The molecule has 0 aliphatic carbocycles. The van der Waals surface area contributed by atoms with E-state index in [4.69, 9.17) is 10.5 Å². The van der Waals surface area contributed by atoms with Crippen LogP contribution in [0.25, 0.3) is 0 Å². The van der Waals surface area contributed by atoms with Gasteiger partial charge in [-0.15, -0.1) is 0 Å². The van der Waals surface area contributed by atoms with Crippen molar-refractivity contribution in [2.24, 2.45) is 5.73 Å². The summed E-state index contributed by atoms with van der Waals surface area (Å²) in [5, 5.41) is 3.22. The van der Waals surface area contributed by atoms with Crippen LogP contribution in [0.4, 0.5) is 0 Å². The van der Waals surface area contributed by atoms with Crippen molar-refractivity contribution in [3.8, 4) is 5.75 Å².